The molecule has 1 aliphatic heterocycles. The summed E-state index contributed by atoms with van der Waals surface area (Å²) >= 11 is 0. The standard InChI is InChI=1S/C18H25N3/c1-20-13-19-18-15-8-4-12-21(16(15)9-10-17(18)20)11-3-7-14-5-2-6-14/h9-10,13-14H,2-8,11-12H2,1H3. The smallest absolute Gasteiger partial charge is 0.0955 e. The van der Waals surface area contributed by atoms with Crippen LogP contribution in [0.2, 0.25) is 0 Å². The van der Waals surface area contributed by atoms with Crippen molar-refractivity contribution in [2.45, 2.75) is 44.9 Å². The van der Waals surface area contributed by atoms with Crippen LogP contribution in [0.4, 0.5) is 5.69 Å². The van der Waals surface area contributed by atoms with Gasteiger partial charge in [-0.15, -0.1) is 0 Å². The molecule has 2 aliphatic rings. The average molecular weight is 283 g/mol. The van der Waals surface area contributed by atoms with Gasteiger partial charge in [-0.2, -0.15) is 0 Å². The number of aromatic nitrogens is 2. The van der Waals surface area contributed by atoms with Crippen LogP contribution in [0.25, 0.3) is 11.0 Å². The summed E-state index contributed by atoms with van der Waals surface area (Å²) in [6.45, 7) is 2.44. The number of nitrogens with zero attached hydrogens (tertiary/aromatic N) is 3. The van der Waals surface area contributed by atoms with Crippen LogP contribution in [0, 0.1) is 5.92 Å². The Balaban J connectivity index is 1.54. The Bertz CT molecular complexity index is 639. The Morgan fingerprint density at radius 3 is 2.95 bits per heavy atom. The molecule has 4 rings (SSSR count). The summed E-state index contributed by atoms with van der Waals surface area (Å²) in [7, 11) is 2.08. The van der Waals surface area contributed by atoms with Gasteiger partial charge in [0, 0.05) is 31.4 Å². The van der Waals surface area contributed by atoms with Gasteiger partial charge in [-0.3, -0.25) is 0 Å². The molecule has 3 nitrogen and oxygen atoms in total. The molecule has 1 aromatic heterocycles. The highest BCUT2D eigenvalue weighted by Crippen LogP contribution is 2.34. The van der Waals surface area contributed by atoms with E-state index in [9.17, 15) is 0 Å². The number of anilines is 1. The second kappa shape index (κ2) is 5.36. The summed E-state index contributed by atoms with van der Waals surface area (Å²) in [6, 6.07) is 4.56. The number of imidazole rings is 1. The van der Waals surface area contributed by atoms with E-state index < -0.39 is 0 Å². The predicted molar refractivity (Wildman–Crippen MR) is 87.8 cm³/mol. The van der Waals surface area contributed by atoms with E-state index in [1.165, 1.54) is 80.3 Å². The lowest BCUT2D eigenvalue weighted by Crippen LogP contribution is -2.31. The lowest BCUT2D eigenvalue weighted by atomic mass is 9.82. The molecule has 1 aliphatic carbocycles. The molecule has 112 valence electrons. The largest absolute Gasteiger partial charge is 0.371 e. The number of fused-ring (bicyclic) bond motifs is 3. The van der Waals surface area contributed by atoms with E-state index in [1.807, 2.05) is 6.33 Å². The van der Waals surface area contributed by atoms with Crippen molar-refractivity contribution < 1.29 is 0 Å². The highest BCUT2D eigenvalue weighted by Gasteiger charge is 2.21. The minimum absolute atomic E-state index is 1.03. The van der Waals surface area contributed by atoms with E-state index in [1.54, 1.807) is 0 Å². The molecule has 21 heavy (non-hydrogen) atoms. The Labute approximate surface area is 127 Å². The lowest BCUT2D eigenvalue weighted by molar-refractivity contribution is 0.290. The van der Waals surface area contributed by atoms with Crippen molar-refractivity contribution in [1.29, 1.82) is 0 Å². The normalized spacial score (nSPS) is 18.8. The summed E-state index contributed by atoms with van der Waals surface area (Å²) in [5, 5.41) is 0. The Morgan fingerprint density at radius 1 is 1.24 bits per heavy atom. The molecule has 2 aromatic rings. The van der Waals surface area contributed by atoms with E-state index in [4.69, 9.17) is 0 Å². The Morgan fingerprint density at radius 2 is 2.14 bits per heavy atom. The quantitative estimate of drug-likeness (QED) is 0.848. The van der Waals surface area contributed by atoms with Gasteiger partial charge >= 0.3 is 0 Å². The van der Waals surface area contributed by atoms with Crippen LogP contribution in [0.15, 0.2) is 18.5 Å². The molecule has 0 saturated heterocycles. The van der Waals surface area contributed by atoms with Crippen molar-refractivity contribution >= 4 is 16.7 Å². The van der Waals surface area contributed by atoms with Crippen LogP contribution < -0.4 is 4.90 Å². The molecule has 0 radical (unpaired) electrons. The second-order valence-electron chi connectivity index (χ2n) is 6.82. The molecular formula is C18H25N3. The van der Waals surface area contributed by atoms with Crippen LogP contribution in [-0.2, 0) is 13.5 Å². The number of hydrogen-bond acceptors (Lipinski definition) is 2. The molecule has 1 saturated carbocycles. The zero-order valence-electron chi connectivity index (χ0n) is 13.0. The SMILES string of the molecule is Cn1cnc2c3c(ccc21)N(CCCC1CCC1)CCC3. The van der Waals surface area contributed by atoms with Crippen molar-refractivity contribution in [2.24, 2.45) is 13.0 Å². The maximum absolute atomic E-state index is 4.63. The molecule has 1 aromatic carbocycles. The molecule has 2 heterocycles. The zero-order valence-corrected chi connectivity index (χ0v) is 13.0. The van der Waals surface area contributed by atoms with Gasteiger partial charge in [0.2, 0.25) is 0 Å². The molecule has 0 atom stereocenters. The second-order valence-corrected chi connectivity index (χ2v) is 6.82. The molecule has 3 heteroatoms. The average Bonchev–Trinajstić information content (AvgIpc) is 2.84. The maximum Gasteiger partial charge on any atom is 0.0955 e. The number of benzene rings is 1. The van der Waals surface area contributed by atoms with E-state index in [0.717, 1.165) is 5.92 Å². The summed E-state index contributed by atoms with van der Waals surface area (Å²) in [6.07, 6.45) is 11.6. The van der Waals surface area contributed by atoms with Crippen molar-refractivity contribution in [1.82, 2.24) is 9.55 Å². The van der Waals surface area contributed by atoms with Gasteiger partial charge in [0.1, 0.15) is 0 Å². The van der Waals surface area contributed by atoms with Gasteiger partial charge in [-0.1, -0.05) is 19.3 Å². The zero-order chi connectivity index (χ0) is 14.2. The third-order valence-electron chi connectivity index (χ3n) is 5.44. The van der Waals surface area contributed by atoms with Crippen molar-refractivity contribution in [3.05, 3.63) is 24.0 Å². The fraction of sp³-hybridized carbons (Fsp3) is 0.611. The third-order valence-corrected chi connectivity index (χ3v) is 5.44. The van der Waals surface area contributed by atoms with Gasteiger partial charge < -0.3 is 9.47 Å². The first-order chi connectivity index (χ1) is 10.3. The lowest BCUT2D eigenvalue weighted by Gasteiger charge is -2.33. The molecule has 1 fully saturated rings. The Hall–Kier alpha value is -1.51. The monoisotopic (exact) mass is 283 g/mol. The first-order valence-electron chi connectivity index (χ1n) is 8.51. The third kappa shape index (κ3) is 2.33. The highest BCUT2D eigenvalue weighted by atomic mass is 15.1. The minimum Gasteiger partial charge on any atom is -0.371 e. The summed E-state index contributed by atoms with van der Waals surface area (Å²) in [4.78, 5) is 7.24. The molecule has 0 amide bonds. The fourth-order valence-electron chi connectivity index (χ4n) is 3.94. The topological polar surface area (TPSA) is 21.1 Å². The maximum atomic E-state index is 4.63. The summed E-state index contributed by atoms with van der Waals surface area (Å²) < 4.78 is 2.13. The van der Waals surface area contributed by atoms with E-state index in [2.05, 4.69) is 33.6 Å². The van der Waals surface area contributed by atoms with Crippen LogP contribution in [0.3, 0.4) is 0 Å². The van der Waals surface area contributed by atoms with Crippen LogP contribution >= 0.6 is 0 Å². The van der Waals surface area contributed by atoms with E-state index in [0.29, 0.717) is 0 Å². The van der Waals surface area contributed by atoms with Gasteiger partial charge in [0.15, 0.2) is 0 Å². The van der Waals surface area contributed by atoms with Gasteiger partial charge in [-0.25, -0.2) is 4.98 Å². The highest BCUT2D eigenvalue weighted by molar-refractivity contribution is 5.85. The van der Waals surface area contributed by atoms with E-state index >= 15 is 0 Å². The Kier molecular flexibility index (Phi) is 3.36. The van der Waals surface area contributed by atoms with Crippen LogP contribution in [0.1, 0.15) is 44.1 Å². The summed E-state index contributed by atoms with van der Waals surface area (Å²) in [5.41, 5.74) is 5.41. The van der Waals surface area contributed by atoms with Crippen LogP contribution in [0.5, 0.6) is 0 Å². The molecule has 0 unspecified atom stereocenters. The molecule has 0 N–H and O–H groups in total. The van der Waals surface area contributed by atoms with Crippen LogP contribution in [-0.4, -0.2) is 22.6 Å². The molecule has 0 spiro atoms. The minimum atomic E-state index is 1.03. The molecule has 0 bridgehead atoms. The van der Waals surface area contributed by atoms with Gasteiger partial charge in [-0.05, 0) is 43.7 Å². The van der Waals surface area contributed by atoms with E-state index in [-0.39, 0.29) is 0 Å². The van der Waals surface area contributed by atoms with Gasteiger partial charge in [0.05, 0.1) is 17.4 Å². The number of aryl methyl sites for hydroxylation is 2. The van der Waals surface area contributed by atoms with Crippen molar-refractivity contribution in [2.75, 3.05) is 18.0 Å². The first-order valence-corrected chi connectivity index (χ1v) is 8.51. The summed E-state index contributed by atoms with van der Waals surface area (Å²) in [5.74, 6) is 1.03. The predicted octanol–water partition coefficient (Wildman–Crippen LogP) is 3.91. The van der Waals surface area contributed by atoms with Gasteiger partial charge in [0.25, 0.3) is 0 Å². The number of hydrogen-bond donors (Lipinski definition) is 0. The fourth-order valence-corrected chi connectivity index (χ4v) is 3.94. The van der Waals surface area contributed by atoms with Crippen molar-refractivity contribution in [3.63, 3.8) is 0 Å². The molecular weight excluding hydrogens is 258 g/mol. The van der Waals surface area contributed by atoms with Crippen molar-refractivity contribution in [3.8, 4) is 0 Å². The number of rotatable bonds is 4. The first kappa shape index (κ1) is 13.2.